The quantitative estimate of drug-likeness (QED) is 0.844. The number of thiazole rings is 1. The summed E-state index contributed by atoms with van der Waals surface area (Å²) in [6.45, 7) is 5.40. The van der Waals surface area contributed by atoms with Crippen molar-refractivity contribution in [3.8, 4) is 0 Å². The summed E-state index contributed by atoms with van der Waals surface area (Å²) in [4.78, 5) is 30.2. The zero-order valence-corrected chi connectivity index (χ0v) is 14.0. The maximum atomic E-state index is 12.5. The minimum atomic E-state index is -0.0000746. The molecule has 4 rings (SSSR count). The van der Waals surface area contributed by atoms with Crippen molar-refractivity contribution in [1.82, 2.24) is 19.9 Å². The Bertz CT molecular complexity index is 724. The number of nitrogens with zero attached hydrogens (tertiary/aromatic N) is 5. The van der Waals surface area contributed by atoms with Gasteiger partial charge in [-0.2, -0.15) is 0 Å². The molecule has 6 nitrogen and oxygen atoms in total. The number of carbonyl (C=O) groups is 1. The van der Waals surface area contributed by atoms with Crippen LogP contribution in [-0.4, -0.2) is 45.4 Å². The summed E-state index contributed by atoms with van der Waals surface area (Å²) in [5.74, 6) is 0.859. The number of hydrogen-bond donors (Lipinski definition) is 0. The molecule has 0 N–H and O–H groups in total. The van der Waals surface area contributed by atoms with Gasteiger partial charge in [-0.25, -0.2) is 15.0 Å². The van der Waals surface area contributed by atoms with Crippen LogP contribution >= 0.6 is 11.3 Å². The van der Waals surface area contributed by atoms with Crippen LogP contribution in [0.2, 0.25) is 0 Å². The summed E-state index contributed by atoms with van der Waals surface area (Å²) in [7, 11) is 0. The van der Waals surface area contributed by atoms with Crippen LogP contribution in [0.15, 0.2) is 10.9 Å². The average Bonchev–Trinajstić information content (AvgIpc) is 3.27. The minimum absolute atomic E-state index is 0.0000746. The molecule has 120 valence electrons. The molecule has 1 fully saturated rings. The maximum absolute atomic E-state index is 12.5. The molecular formula is C16H19N5OS. The van der Waals surface area contributed by atoms with Crippen LogP contribution in [0.4, 0.5) is 5.95 Å². The molecule has 1 amide bonds. The first-order valence-corrected chi connectivity index (χ1v) is 8.95. The van der Waals surface area contributed by atoms with Crippen molar-refractivity contribution in [1.29, 1.82) is 0 Å². The summed E-state index contributed by atoms with van der Waals surface area (Å²) in [5, 5.41) is 1.80. The SMILES string of the molecule is Cc1nc(N2CCCC2)nc2c1CN(C(=O)c1cscn1)CC2. The Morgan fingerprint density at radius 2 is 2.04 bits per heavy atom. The molecular weight excluding hydrogens is 310 g/mol. The maximum Gasteiger partial charge on any atom is 0.273 e. The lowest BCUT2D eigenvalue weighted by molar-refractivity contribution is 0.0728. The van der Waals surface area contributed by atoms with E-state index in [1.165, 1.54) is 24.2 Å². The predicted molar refractivity (Wildman–Crippen MR) is 88.8 cm³/mol. The summed E-state index contributed by atoms with van der Waals surface area (Å²) in [6.07, 6.45) is 3.22. The molecule has 4 heterocycles. The summed E-state index contributed by atoms with van der Waals surface area (Å²) in [5.41, 5.74) is 5.42. The van der Waals surface area contributed by atoms with E-state index in [4.69, 9.17) is 4.98 Å². The molecule has 0 aromatic carbocycles. The van der Waals surface area contributed by atoms with Crippen molar-refractivity contribution in [2.45, 2.75) is 32.7 Å². The molecule has 23 heavy (non-hydrogen) atoms. The van der Waals surface area contributed by atoms with Gasteiger partial charge in [0.1, 0.15) is 5.69 Å². The van der Waals surface area contributed by atoms with Gasteiger partial charge in [0.2, 0.25) is 5.95 Å². The van der Waals surface area contributed by atoms with Crippen LogP contribution in [0.3, 0.4) is 0 Å². The Morgan fingerprint density at radius 3 is 2.78 bits per heavy atom. The smallest absolute Gasteiger partial charge is 0.273 e. The van der Waals surface area contributed by atoms with Gasteiger partial charge in [-0.15, -0.1) is 11.3 Å². The van der Waals surface area contributed by atoms with Crippen LogP contribution in [0.5, 0.6) is 0 Å². The van der Waals surface area contributed by atoms with Crippen LogP contribution in [-0.2, 0) is 13.0 Å². The molecule has 0 radical (unpaired) electrons. The molecule has 2 aromatic rings. The van der Waals surface area contributed by atoms with Gasteiger partial charge in [0.25, 0.3) is 5.91 Å². The van der Waals surface area contributed by atoms with Crippen molar-refractivity contribution in [3.05, 3.63) is 33.5 Å². The van der Waals surface area contributed by atoms with E-state index >= 15 is 0 Å². The molecule has 0 aliphatic carbocycles. The first-order chi connectivity index (χ1) is 11.2. The van der Waals surface area contributed by atoms with E-state index in [0.717, 1.165) is 42.4 Å². The minimum Gasteiger partial charge on any atom is -0.341 e. The Balaban J connectivity index is 1.59. The summed E-state index contributed by atoms with van der Waals surface area (Å²) < 4.78 is 0. The molecule has 0 atom stereocenters. The molecule has 0 spiro atoms. The van der Waals surface area contributed by atoms with Gasteiger partial charge in [-0.3, -0.25) is 4.79 Å². The number of hydrogen-bond acceptors (Lipinski definition) is 6. The molecule has 2 aliphatic heterocycles. The highest BCUT2D eigenvalue weighted by Crippen LogP contribution is 2.25. The summed E-state index contributed by atoms with van der Waals surface area (Å²) >= 11 is 1.45. The third kappa shape index (κ3) is 2.69. The Morgan fingerprint density at radius 1 is 1.22 bits per heavy atom. The lowest BCUT2D eigenvalue weighted by atomic mass is 10.0. The average molecular weight is 329 g/mol. The van der Waals surface area contributed by atoms with Gasteiger partial charge < -0.3 is 9.80 Å². The van der Waals surface area contributed by atoms with Gasteiger partial charge >= 0.3 is 0 Å². The van der Waals surface area contributed by atoms with Crippen LogP contribution in [0.1, 0.15) is 40.3 Å². The Labute approximate surface area is 139 Å². The van der Waals surface area contributed by atoms with Crippen LogP contribution in [0, 0.1) is 6.92 Å². The number of anilines is 1. The fourth-order valence-electron chi connectivity index (χ4n) is 3.27. The zero-order valence-electron chi connectivity index (χ0n) is 13.2. The van der Waals surface area contributed by atoms with Crippen molar-refractivity contribution < 1.29 is 4.79 Å². The lowest BCUT2D eigenvalue weighted by Crippen LogP contribution is -2.37. The second kappa shape index (κ2) is 5.88. The highest BCUT2D eigenvalue weighted by atomic mass is 32.1. The molecule has 2 aliphatic rings. The van der Waals surface area contributed by atoms with E-state index in [0.29, 0.717) is 18.8 Å². The number of amides is 1. The monoisotopic (exact) mass is 329 g/mol. The normalized spacial score (nSPS) is 17.4. The molecule has 7 heteroatoms. The number of carbonyl (C=O) groups excluding carboxylic acids is 1. The van der Waals surface area contributed by atoms with Crippen LogP contribution < -0.4 is 4.90 Å². The topological polar surface area (TPSA) is 62.2 Å². The number of aryl methyl sites for hydroxylation is 1. The second-order valence-corrected chi connectivity index (χ2v) is 6.80. The molecule has 1 saturated heterocycles. The van der Waals surface area contributed by atoms with E-state index in [1.54, 1.807) is 10.9 Å². The van der Waals surface area contributed by atoms with Crippen molar-refractivity contribution in [2.75, 3.05) is 24.5 Å². The van der Waals surface area contributed by atoms with Crippen LogP contribution in [0.25, 0.3) is 0 Å². The predicted octanol–water partition coefficient (Wildman–Crippen LogP) is 2.04. The highest BCUT2D eigenvalue weighted by molar-refractivity contribution is 7.07. The zero-order chi connectivity index (χ0) is 15.8. The Kier molecular flexibility index (Phi) is 3.72. The largest absolute Gasteiger partial charge is 0.341 e. The van der Waals surface area contributed by atoms with Gasteiger partial charge in [-0.05, 0) is 19.8 Å². The fourth-order valence-corrected chi connectivity index (χ4v) is 3.80. The van der Waals surface area contributed by atoms with Gasteiger partial charge in [0, 0.05) is 49.2 Å². The van der Waals surface area contributed by atoms with Gasteiger partial charge in [0.15, 0.2) is 0 Å². The van der Waals surface area contributed by atoms with Crippen molar-refractivity contribution >= 4 is 23.2 Å². The number of rotatable bonds is 2. The first-order valence-electron chi connectivity index (χ1n) is 8.01. The van der Waals surface area contributed by atoms with Gasteiger partial charge in [-0.1, -0.05) is 0 Å². The highest BCUT2D eigenvalue weighted by Gasteiger charge is 2.27. The second-order valence-electron chi connectivity index (χ2n) is 6.08. The molecule has 2 aromatic heterocycles. The summed E-state index contributed by atoms with van der Waals surface area (Å²) in [6, 6.07) is 0. The van der Waals surface area contributed by atoms with Crippen molar-refractivity contribution in [3.63, 3.8) is 0 Å². The van der Waals surface area contributed by atoms with Crippen molar-refractivity contribution in [2.24, 2.45) is 0 Å². The standard InChI is InChI=1S/C16H19N5OS/c1-11-12-8-21(15(22)14-9-23-10-17-14)7-4-13(12)19-16(18-11)20-5-2-3-6-20/h9-10H,2-8H2,1H3. The third-order valence-electron chi connectivity index (χ3n) is 4.58. The Hall–Kier alpha value is -2.02. The third-order valence-corrected chi connectivity index (χ3v) is 5.17. The van der Waals surface area contributed by atoms with Gasteiger partial charge in [0.05, 0.1) is 11.2 Å². The van der Waals surface area contributed by atoms with E-state index in [-0.39, 0.29) is 5.91 Å². The first kappa shape index (κ1) is 14.6. The fraction of sp³-hybridized carbons (Fsp3) is 0.500. The van der Waals surface area contributed by atoms with E-state index < -0.39 is 0 Å². The molecule has 0 unspecified atom stereocenters. The number of aromatic nitrogens is 3. The lowest BCUT2D eigenvalue weighted by Gasteiger charge is -2.29. The molecule has 0 saturated carbocycles. The van der Waals surface area contributed by atoms with E-state index in [2.05, 4.69) is 14.9 Å². The van der Waals surface area contributed by atoms with E-state index in [9.17, 15) is 4.79 Å². The van der Waals surface area contributed by atoms with E-state index in [1.807, 2.05) is 11.8 Å². The number of fused-ring (bicyclic) bond motifs is 1. The molecule has 0 bridgehead atoms.